The lowest BCUT2D eigenvalue weighted by atomic mass is 10.0. The van der Waals surface area contributed by atoms with Crippen LogP contribution in [0.2, 0.25) is 0 Å². The molecule has 2 nitrogen and oxygen atoms in total. The van der Waals surface area contributed by atoms with Crippen LogP contribution in [0.25, 0.3) is 0 Å². The number of benzene rings is 1. The van der Waals surface area contributed by atoms with E-state index in [1.165, 1.54) is 30.4 Å². The summed E-state index contributed by atoms with van der Waals surface area (Å²) < 4.78 is 5.88. The van der Waals surface area contributed by atoms with Gasteiger partial charge in [0.25, 0.3) is 0 Å². The van der Waals surface area contributed by atoms with E-state index in [9.17, 15) is 0 Å². The maximum atomic E-state index is 5.88. The van der Waals surface area contributed by atoms with Gasteiger partial charge >= 0.3 is 0 Å². The molecule has 102 valence electrons. The number of ether oxygens (including phenoxy) is 1. The fourth-order valence-corrected chi connectivity index (χ4v) is 2.07. The van der Waals surface area contributed by atoms with Crippen LogP contribution >= 0.6 is 0 Å². The van der Waals surface area contributed by atoms with E-state index in [0.717, 1.165) is 25.2 Å². The number of rotatable bonds is 8. The van der Waals surface area contributed by atoms with Gasteiger partial charge in [-0.3, -0.25) is 0 Å². The maximum absolute atomic E-state index is 5.88. The van der Waals surface area contributed by atoms with Crippen LogP contribution in [-0.4, -0.2) is 12.6 Å². The molecule has 1 unspecified atom stereocenters. The summed E-state index contributed by atoms with van der Waals surface area (Å²) in [7, 11) is 0. The van der Waals surface area contributed by atoms with Crippen LogP contribution in [0.15, 0.2) is 18.2 Å². The van der Waals surface area contributed by atoms with Crippen LogP contribution in [0.4, 0.5) is 0 Å². The molecule has 1 aromatic carbocycles. The topological polar surface area (TPSA) is 35.2 Å². The molecule has 0 aliphatic rings. The molecule has 0 aliphatic carbocycles. The summed E-state index contributed by atoms with van der Waals surface area (Å²) in [4.78, 5) is 0. The van der Waals surface area contributed by atoms with E-state index in [4.69, 9.17) is 10.5 Å². The van der Waals surface area contributed by atoms with E-state index in [1.807, 2.05) is 6.92 Å². The number of nitrogens with two attached hydrogens (primary N) is 1. The van der Waals surface area contributed by atoms with Gasteiger partial charge in [-0.1, -0.05) is 43.9 Å². The fraction of sp³-hybridized carbons (Fsp3) is 0.625. The molecule has 0 spiro atoms. The van der Waals surface area contributed by atoms with Crippen molar-refractivity contribution in [2.75, 3.05) is 6.61 Å². The Morgan fingerprint density at radius 3 is 2.67 bits per heavy atom. The molecule has 0 fully saturated rings. The molecule has 0 aliphatic heterocycles. The molecule has 2 N–H and O–H groups in total. The van der Waals surface area contributed by atoms with Gasteiger partial charge in [-0.2, -0.15) is 0 Å². The van der Waals surface area contributed by atoms with Gasteiger partial charge in [0, 0.05) is 6.04 Å². The van der Waals surface area contributed by atoms with E-state index in [1.54, 1.807) is 0 Å². The minimum Gasteiger partial charge on any atom is -0.493 e. The molecule has 2 heteroatoms. The first-order valence-corrected chi connectivity index (χ1v) is 7.11. The van der Waals surface area contributed by atoms with Crippen molar-refractivity contribution in [1.82, 2.24) is 0 Å². The second-order valence-electron chi connectivity index (χ2n) is 5.20. The Hall–Kier alpha value is -1.02. The minimum atomic E-state index is 0.175. The molecule has 0 saturated carbocycles. The molecule has 1 aromatic rings. The zero-order valence-electron chi connectivity index (χ0n) is 12.0. The molecule has 1 atom stereocenters. The summed E-state index contributed by atoms with van der Waals surface area (Å²) in [5.74, 6) is 1.01. The molecule has 0 radical (unpaired) electrons. The quantitative estimate of drug-likeness (QED) is 0.710. The van der Waals surface area contributed by atoms with Crippen LogP contribution in [0.3, 0.4) is 0 Å². The smallest absolute Gasteiger partial charge is 0.122 e. The lowest BCUT2D eigenvalue weighted by Crippen LogP contribution is -2.18. The summed E-state index contributed by atoms with van der Waals surface area (Å²) in [5.41, 5.74) is 8.39. The largest absolute Gasteiger partial charge is 0.493 e. The van der Waals surface area contributed by atoms with Crippen molar-refractivity contribution in [3.8, 4) is 5.75 Å². The Kier molecular flexibility index (Phi) is 6.81. The Labute approximate surface area is 112 Å². The Morgan fingerprint density at radius 2 is 2.00 bits per heavy atom. The number of hydrogen-bond donors (Lipinski definition) is 1. The summed E-state index contributed by atoms with van der Waals surface area (Å²) in [5, 5.41) is 0. The molecule has 0 aromatic heterocycles. The highest BCUT2D eigenvalue weighted by molar-refractivity contribution is 5.37. The number of aryl methyl sites for hydroxylation is 1. The second-order valence-corrected chi connectivity index (χ2v) is 5.20. The zero-order valence-corrected chi connectivity index (χ0v) is 12.0. The molecular weight excluding hydrogens is 222 g/mol. The van der Waals surface area contributed by atoms with Gasteiger partial charge in [-0.05, 0) is 38.3 Å². The van der Waals surface area contributed by atoms with Crippen molar-refractivity contribution in [1.29, 1.82) is 0 Å². The highest BCUT2D eigenvalue weighted by Gasteiger charge is 2.06. The average molecular weight is 249 g/mol. The summed E-state index contributed by atoms with van der Waals surface area (Å²) in [6.45, 7) is 7.18. The van der Waals surface area contributed by atoms with Crippen molar-refractivity contribution >= 4 is 0 Å². The van der Waals surface area contributed by atoms with Crippen molar-refractivity contribution in [3.63, 3.8) is 0 Å². The third-order valence-corrected chi connectivity index (χ3v) is 3.01. The lowest BCUT2D eigenvalue weighted by molar-refractivity contribution is 0.301. The van der Waals surface area contributed by atoms with Gasteiger partial charge in [0.1, 0.15) is 5.75 Å². The molecule has 0 saturated heterocycles. The van der Waals surface area contributed by atoms with Crippen LogP contribution in [0.5, 0.6) is 5.75 Å². The first-order valence-electron chi connectivity index (χ1n) is 7.11. The predicted octanol–water partition coefficient (Wildman–Crippen LogP) is 3.84. The maximum Gasteiger partial charge on any atom is 0.122 e. The Bertz CT molecular complexity index is 347. The fourth-order valence-electron chi connectivity index (χ4n) is 2.07. The summed E-state index contributed by atoms with van der Waals surface area (Å²) in [6, 6.07) is 6.54. The third-order valence-electron chi connectivity index (χ3n) is 3.01. The highest BCUT2D eigenvalue weighted by Crippen LogP contribution is 2.21. The van der Waals surface area contributed by atoms with E-state index in [0.29, 0.717) is 0 Å². The van der Waals surface area contributed by atoms with Gasteiger partial charge in [-0.25, -0.2) is 0 Å². The van der Waals surface area contributed by atoms with Crippen molar-refractivity contribution < 1.29 is 4.74 Å². The van der Waals surface area contributed by atoms with Crippen molar-refractivity contribution in [2.24, 2.45) is 5.73 Å². The zero-order chi connectivity index (χ0) is 13.4. The number of unbranched alkanes of at least 4 members (excludes halogenated alkanes) is 3. The molecular formula is C16H27NO. The van der Waals surface area contributed by atoms with Crippen LogP contribution in [-0.2, 0) is 6.42 Å². The monoisotopic (exact) mass is 249 g/mol. The lowest BCUT2D eigenvalue weighted by Gasteiger charge is -2.14. The van der Waals surface area contributed by atoms with E-state index in [2.05, 4.69) is 32.0 Å². The minimum absolute atomic E-state index is 0.175. The molecule has 18 heavy (non-hydrogen) atoms. The van der Waals surface area contributed by atoms with Gasteiger partial charge in [0.2, 0.25) is 0 Å². The van der Waals surface area contributed by atoms with Crippen molar-refractivity contribution in [3.05, 3.63) is 29.3 Å². The van der Waals surface area contributed by atoms with Crippen LogP contribution in [0.1, 0.15) is 50.7 Å². The van der Waals surface area contributed by atoms with Crippen molar-refractivity contribution in [2.45, 2.75) is 58.9 Å². The molecule has 1 rings (SSSR count). The molecule has 0 bridgehead atoms. The van der Waals surface area contributed by atoms with Gasteiger partial charge in [0.15, 0.2) is 0 Å². The SMILES string of the molecule is CCCCCCOc1ccc(C)cc1CC(C)N. The van der Waals surface area contributed by atoms with E-state index in [-0.39, 0.29) is 6.04 Å². The highest BCUT2D eigenvalue weighted by atomic mass is 16.5. The standard InChI is InChI=1S/C16H27NO/c1-4-5-6-7-10-18-16-9-8-13(2)11-15(16)12-14(3)17/h8-9,11,14H,4-7,10,12,17H2,1-3H3. The van der Waals surface area contributed by atoms with Crippen LogP contribution in [0, 0.1) is 6.92 Å². The summed E-state index contributed by atoms with van der Waals surface area (Å²) in [6.07, 6.45) is 5.83. The average Bonchev–Trinajstić information content (AvgIpc) is 2.30. The van der Waals surface area contributed by atoms with Gasteiger partial charge < -0.3 is 10.5 Å². The first-order chi connectivity index (χ1) is 8.63. The Balaban J connectivity index is 2.52. The van der Waals surface area contributed by atoms with E-state index < -0.39 is 0 Å². The molecule has 0 heterocycles. The van der Waals surface area contributed by atoms with Gasteiger partial charge in [0.05, 0.1) is 6.61 Å². The molecule has 0 amide bonds. The predicted molar refractivity (Wildman–Crippen MR) is 78.2 cm³/mol. The van der Waals surface area contributed by atoms with Crippen LogP contribution < -0.4 is 10.5 Å². The van der Waals surface area contributed by atoms with Gasteiger partial charge in [-0.15, -0.1) is 0 Å². The second kappa shape index (κ2) is 8.15. The third kappa shape index (κ3) is 5.54. The Morgan fingerprint density at radius 1 is 1.22 bits per heavy atom. The summed E-state index contributed by atoms with van der Waals surface area (Å²) >= 11 is 0. The normalized spacial score (nSPS) is 12.4. The van der Waals surface area contributed by atoms with E-state index >= 15 is 0 Å². The number of hydrogen-bond acceptors (Lipinski definition) is 2. The first kappa shape index (κ1) is 15.0.